The van der Waals surface area contributed by atoms with Gasteiger partial charge in [-0.25, -0.2) is 4.98 Å². The van der Waals surface area contributed by atoms with E-state index in [1.165, 1.54) is 11.3 Å². The predicted molar refractivity (Wildman–Crippen MR) is 81.6 cm³/mol. The van der Waals surface area contributed by atoms with E-state index in [0.717, 1.165) is 5.75 Å². The molecule has 7 heteroatoms. The molecule has 0 bridgehead atoms. The van der Waals surface area contributed by atoms with Crippen LogP contribution in [0.5, 0.6) is 5.75 Å². The Balaban J connectivity index is 2.08. The van der Waals surface area contributed by atoms with Crippen molar-refractivity contribution in [3.63, 3.8) is 0 Å². The summed E-state index contributed by atoms with van der Waals surface area (Å²) in [5.74, 6) is 0.716. The number of hydrogen-bond acceptors (Lipinski definition) is 6. The molecule has 106 valence electrons. The van der Waals surface area contributed by atoms with Crippen molar-refractivity contribution in [2.75, 3.05) is 30.0 Å². The maximum absolute atomic E-state index is 12.1. The zero-order valence-electron chi connectivity index (χ0n) is 11.3. The van der Waals surface area contributed by atoms with Gasteiger partial charge >= 0.3 is 0 Å². The first kappa shape index (κ1) is 14.1. The van der Waals surface area contributed by atoms with Gasteiger partial charge in [0.25, 0.3) is 5.91 Å². The molecule has 0 spiro atoms. The van der Waals surface area contributed by atoms with E-state index in [2.05, 4.69) is 15.6 Å². The van der Waals surface area contributed by atoms with Gasteiger partial charge in [0.1, 0.15) is 16.4 Å². The number of rotatable bonds is 5. The van der Waals surface area contributed by atoms with Crippen molar-refractivity contribution in [2.45, 2.75) is 6.92 Å². The topological polar surface area (TPSA) is 89.3 Å². The van der Waals surface area contributed by atoms with Crippen LogP contribution in [0, 0.1) is 0 Å². The lowest BCUT2D eigenvalue weighted by atomic mass is 10.3. The Labute approximate surface area is 121 Å². The number of hydrogen-bond donors (Lipinski definition) is 3. The summed E-state index contributed by atoms with van der Waals surface area (Å²) in [6.07, 6.45) is 0. The maximum Gasteiger partial charge on any atom is 0.269 e. The summed E-state index contributed by atoms with van der Waals surface area (Å²) < 4.78 is 5.34. The average Bonchev–Trinajstić information content (AvgIpc) is 2.83. The van der Waals surface area contributed by atoms with Gasteiger partial charge in [0, 0.05) is 12.7 Å². The van der Waals surface area contributed by atoms with Crippen LogP contribution in [-0.2, 0) is 0 Å². The largest absolute Gasteiger partial charge is 0.494 e. The summed E-state index contributed by atoms with van der Waals surface area (Å²) in [7, 11) is 1.73. The molecular formula is C13H16N4O2S. The molecule has 1 aromatic heterocycles. The molecule has 0 radical (unpaired) electrons. The molecule has 0 aliphatic rings. The number of amides is 1. The van der Waals surface area contributed by atoms with Gasteiger partial charge < -0.3 is 21.1 Å². The smallest absolute Gasteiger partial charge is 0.269 e. The molecule has 20 heavy (non-hydrogen) atoms. The van der Waals surface area contributed by atoms with Crippen LogP contribution in [0.1, 0.15) is 16.6 Å². The van der Waals surface area contributed by atoms with Crippen molar-refractivity contribution in [3.8, 4) is 5.75 Å². The SMILES string of the molecule is CCOc1ccc(NC(=O)c2sc(NC)nc2N)cc1. The van der Waals surface area contributed by atoms with Crippen LogP contribution >= 0.6 is 11.3 Å². The second kappa shape index (κ2) is 6.25. The quantitative estimate of drug-likeness (QED) is 0.787. The highest BCUT2D eigenvalue weighted by atomic mass is 32.1. The zero-order chi connectivity index (χ0) is 14.5. The summed E-state index contributed by atoms with van der Waals surface area (Å²) in [5, 5.41) is 6.24. The Morgan fingerprint density at radius 1 is 1.40 bits per heavy atom. The predicted octanol–water partition coefficient (Wildman–Crippen LogP) is 2.42. The lowest BCUT2D eigenvalue weighted by Crippen LogP contribution is -2.12. The van der Waals surface area contributed by atoms with Crippen molar-refractivity contribution in [1.82, 2.24) is 4.98 Å². The summed E-state index contributed by atoms with van der Waals surface area (Å²) in [4.78, 5) is 16.5. The molecule has 2 aromatic rings. The molecule has 0 unspecified atom stereocenters. The van der Waals surface area contributed by atoms with Gasteiger partial charge in [-0.3, -0.25) is 4.79 Å². The number of nitrogens with two attached hydrogens (primary N) is 1. The van der Waals surface area contributed by atoms with E-state index in [-0.39, 0.29) is 11.7 Å². The number of thiazole rings is 1. The van der Waals surface area contributed by atoms with Crippen LogP contribution in [0.2, 0.25) is 0 Å². The highest BCUT2D eigenvalue weighted by Gasteiger charge is 2.15. The fourth-order valence-electron chi connectivity index (χ4n) is 1.59. The Hall–Kier alpha value is -2.28. The van der Waals surface area contributed by atoms with Crippen LogP contribution < -0.4 is 21.1 Å². The highest BCUT2D eigenvalue weighted by molar-refractivity contribution is 7.18. The zero-order valence-corrected chi connectivity index (χ0v) is 12.1. The fourth-order valence-corrected chi connectivity index (χ4v) is 2.32. The molecule has 0 aliphatic heterocycles. The van der Waals surface area contributed by atoms with E-state index >= 15 is 0 Å². The van der Waals surface area contributed by atoms with Crippen LogP contribution in [0.25, 0.3) is 0 Å². The van der Waals surface area contributed by atoms with Crippen molar-refractivity contribution in [3.05, 3.63) is 29.1 Å². The number of nitrogens with one attached hydrogen (secondary N) is 2. The number of nitrogens with zero attached hydrogens (tertiary/aromatic N) is 1. The average molecular weight is 292 g/mol. The second-order valence-electron chi connectivity index (χ2n) is 3.89. The molecule has 0 saturated heterocycles. The Bertz CT molecular complexity index is 595. The summed E-state index contributed by atoms with van der Waals surface area (Å²) in [5.41, 5.74) is 6.39. The first-order valence-corrected chi connectivity index (χ1v) is 6.94. The Kier molecular flexibility index (Phi) is 4.41. The molecule has 0 fully saturated rings. The highest BCUT2D eigenvalue weighted by Crippen LogP contribution is 2.25. The molecule has 1 aromatic carbocycles. The molecule has 0 atom stereocenters. The van der Waals surface area contributed by atoms with Gasteiger partial charge in [0.15, 0.2) is 5.13 Å². The van der Waals surface area contributed by atoms with Gasteiger partial charge in [-0.15, -0.1) is 0 Å². The van der Waals surface area contributed by atoms with E-state index in [1.54, 1.807) is 31.3 Å². The first-order chi connectivity index (χ1) is 9.63. The third-order valence-corrected chi connectivity index (χ3v) is 3.58. The number of aromatic nitrogens is 1. The van der Waals surface area contributed by atoms with Crippen LogP contribution in [-0.4, -0.2) is 24.5 Å². The lowest BCUT2D eigenvalue weighted by Gasteiger charge is -2.06. The van der Waals surface area contributed by atoms with Crippen molar-refractivity contribution in [2.24, 2.45) is 0 Å². The van der Waals surface area contributed by atoms with E-state index in [0.29, 0.717) is 22.3 Å². The molecule has 1 heterocycles. The van der Waals surface area contributed by atoms with Gasteiger partial charge in [-0.05, 0) is 31.2 Å². The number of anilines is 3. The standard InChI is InChI=1S/C13H16N4O2S/c1-3-19-9-6-4-8(5-7-9)16-12(18)10-11(14)17-13(15-2)20-10/h4-7H,3,14H2,1-2H3,(H,15,17)(H,16,18). The lowest BCUT2D eigenvalue weighted by molar-refractivity contribution is 0.103. The van der Waals surface area contributed by atoms with Crippen LogP contribution in [0.15, 0.2) is 24.3 Å². The summed E-state index contributed by atoms with van der Waals surface area (Å²) in [6.45, 7) is 2.53. The molecular weight excluding hydrogens is 276 g/mol. The minimum absolute atomic E-state index is 0.225. The first-order valence-electron chi connectivity index (χ1n) is 6.12. The molecule has 0 aliphatic carbocycles. The normalized spacial score (nSPS) is 10.1. The minimum atomic E-state index is -0.273. The van der Waals surface area contributed by atoms with E-state index in [1.807, 2.05) is 6.92 Å². The monoisotopic (exact) mass is 292 g/mol. The van der Waals surface area contributed by atoms with Gasteiger partial charge in [0.2, 0.25) is 0 Å². The van der Waals surface area contributed by atoms with E-state index < -0.39 is 0 Å². The number of ether oxygens (including phenoxy) is 1. The second-order valence-corrected chi connectivity index (χ2v) is 4.89. The van der Waals surface area contributed by atoms with Gasteiger partial charge in [-0.2, -0.15) is 0 Å². The fraction of sp³-hybridized carbons (Fsp3) is 0.231. The number of carbonyl (C=O) groups is 1. The van der Waals surface area contributed by atoms with E-state index in [4.69, 9.17) is 10.5 Å². The number of nitrogen functional groups attached to an aromatic ring is 1. The van der Waals surface area contributed by atoms with Gasteiger partial charge in [0.05, 0.1) is 6.61 Å². The van der Waals surface area contributed by atoms with Gasteiger partial charge in [-0.1, -0.05) is 11.3 Å². The molecule has 1 amide bonds. The Morgan fingerprint density at radius 3 is 2.65 bits per heavy atom. The van der Waals surface area contributed by atoms with Crippen LogP contribution in [0.4, 0.5) is 16.6 Å². The number of benzene rings is 1. The third-order valence-electron chi connectivity index (χ3n) is 2.50. The Morgan fingerprint density at radius 2 is 2.10 bits per heavy atom. The minimum Gasteiger partial charge on any atom is -0.494 e. The number of carbonyl (C=O) groups excluding carboxylic acids is 1. The van der Waals surface area contributed by atoms with E-state index in [9.17, 15) is 4.79 Å². The molecule has 4 N–H and O–H groups in total. The maximum atomic E-state index is 12.1. The molecule has 6 nitrogen and oxygen atoms in total. The van der Waals surface area contributed by atoms with Crippen molar-refractivity contribution < 1.29 is 9.53 Å². The molecule has 2 rings (SSSR count). The van der Waals surface area contributed by atoms with Crippen molar-refractivity contribution in [1.29, 1.82) is 0 Å². The van der Waals surface area contributed by atoms with Crippen molar-refractivity contribution >= 4 is 33.9 Å². The third kappa shape index (κ3) is 3.18. The molecule has 0 saturated carbocycles. The summed E-state index contributed by atoms with van der Waals surface area (Å²) >= 11 is 1.21. The van der Waals surface area contributed by atoms with Crippen LogP contribution in [0.3, 0.4) is 0 Å². The summed E-state index contributed by atoms with van der Waals surface area (Å²) in [6, 6.07) is 7.15.